The van der Waals surface area contributed by atoms with Crippen LogP contribution in [0.15, 0.2) is 6.20 Å². The number of nitrogens with zero attached hydrogens (tertiary/aromatic N) is 2. The number of aryl methyl sites for hydroxylation is 1. The van der Waals surface area contributed by atoms with Crippen LogP contribution in [0.25, 0.3) is 0 Å². The zero-order valence-electron chi connectivity index (χ0n) is 11.5. The predicted octanol–water partition coefficient (Wildman–Crippen LogP) is 1.74. The molecule has 1 heterocycles. The number of carbonyl (C=O) groups excluding carboxylic acids is 1. The van der Waals surface area contributed by atoms with Crippen LogP contribution in [0.2, 0.25) is 0 Å². The summed E-state index contributed by atoms with van der Waals surface area (Å²) in [5.74, 6) is -0.854. The highest BCUT2D eigenvalue weighted by Crippen LogP contribution is 2.28. The smallest absolute Gasteiger partial charge is 0.311 e. The molecule has 0 saturated carbocycles. The van der Waals surface area contributed by atoms with Gasteiger partial charge in [0.2, 0.25) is 0 Å². The Hall–Kier alpha value is -1.36. The van der Waals surface area contributed by atoms with E-state index in [-0.39, 0.29) is 5.97 Å². The third kappa shape index (κ3) is 3.10. The maximum absolute atomic E-state index is 11.9. The lowest BCUT2D eigenvalue weighted by Crippen LogP contribution is -2.25. The first-order valence-corrected chi connectivity index (χ1v) is 6.36. The molecule has 0 saturated heterocycles. The fourth-order valence-corrected chi connectivity index (χ4v) is 1.99. The van der Waals surface area contributed by atoms with Crippen LogP contribution in [0.1, 0.15) is 44.1 Å². The molecule has 1 aromatic heterocycles. The quantitative estimate of drug-likeness (QED) is 0.785. The molecule has 1 N–H and O–H groups in total. The summed E-state index contributed by atoms with van der Waals surface area (Å²) < 4.78 is 6.71. The average Bonchev–Trinajstić information content (AvgIpc) is 2.66. The zero-order valence-corrected chi connectivity index (χ0v) is 11.5. The highest BCUT2D eigenvalue weighted by atomic mass is 16.5. The number of hydrogen-bond acceptors (Lipinski definition) is 4. The summed E-state index contributed by atoms with van der Waals surface area (Å²) in [7, 11) is 1.81. The summed E-state index contributed by atoms with van der Waals surface area (Å²) in [6.45, 7) is 5.95. The summed E-state index contributed by atoms with van der Waals surface area (Å²) >= 11 is 0. The summed E-state index contributed by atoms with van der Waals surface area (Å²) in [4.78, 5) is 11.9. The van der Waals surface area contributed by atoms with Gasteiger partial charge in [-0.25, -0.2) is 0 Å². The molecule has 0 spiro atoms. The molecule has 5 nitrogen and oxygen atoms in total. The van der Waals surface area contributed by atoms with Crippen LogP contribution in [0, 0.1) is 12.8 Å². The van der Waals surface area contributed by atoms with Gasteiger partial charge < -0.3 is 9.84 Å². The van der Waals surface area contributed by atoms with Gasteiger partial charge in [0.25, 0.3) is 0 Å². The minimum Gasteiger partial charge on any atom is -0.466 e. The van der Waals surface area contributed by atoms with Crippen molar-refractivity contribution in [3.63, 3.8) is 0 Å². The van der Waals surface area contributed by atoms with Crippen LogP contribution >= 0.6 is 0 Å². The molecular formula is C13H22N2O3. The lowest BCUT2D eigenvalue weighted by atomic mass is 9.92. The molecule has 0 fully saturated rings. The average molecular weight is 254 g/mol. The molecule has 2 atom stereocenters. The predicted molar refractivity (Wildman–Crippen MR) is 67.9 cm³/mol. The summed E-state index contributed by atoms with van der Waals surface area (Å²) in [5.41, 5.74) is 1.57. The minimum atomic E-state index is -0.849. The van der Waals surface area contributed by atoms with Crippen molar-refractivity contribution in [2.45, 2.75) is 39.7 Å². The maximum atomic E-state index is 11.9. The number of esters is 1. The number of rotatable bonds is 6. The van der Waals surface area contributed by atoms with E-state index in [4.69, 9.17) is 4.74 Å². The van der Waals surface area contributed by atoms with Crippen LogP contribution in [0.4, 0.5) is 0 Å². The third-order valence-corrected chi connectivity index (χ3v) is 3.16. The van der Waals surface area contributed by atoms with Gasteiger partial charge in [-0.1, -0.05) is 13.3 Å². The van der Waals surface area contributed by atoms with Crippen molar-refractivity contribution in [1.29, 1.82) is 0 Å². The third-order valence-electron chi connectivity index (χ3n) is 3.16. The lowest BCUT2D eigenvalue weighted by molar-refractivity contribution is -0.152. The van der Waals surface area contributed by atoms with Crippen LogP contribution in [-0.4, -0.2) is 27.5 Å². The van der Waals surface area contributed by atoms with Crippen molar-refractivity contribution in [1.82, 2.24) is 9.78 Å². The largest absolute Gasteiger partial charge is 0.466 e. The molecule has 0 aliphatic heterocycles. The first kappa shape index (κ1) is 14.7. The number of aliphatic hydroxyl groups is 1. The second-order valence-corrected chi connectivity index (χ2v) is 4.40. The van der Waals surface area contributed by atoms with E-state index >= 15 is 0 Å². The standard InChI is InChI=1S/C13H22N2O3/c1-5-7-10(13(17)18-6-2)12(16)11-8-14-15(4)9(11)3/h8,10,12,16H,5-7H2,1-4H3. The highest BCUT2D eigenvalue weighted by Gasteiger charge is 2.30. The molecule has 5 heteroatoms. The van der Waals surface area contributed by atoms with Gasteiger partial charge in [0.05, 0.1) is 24.8 Å². The van der Waals surface area contributed by atoms with E-state index in [1.54, 1.807) is 17.8 Å². The Kier molecular flexibility index (Phi) is 5.34. The van der Waals surface area contributed by atoms with Gasteiger partial charge in [0.15, 0.2) is 0 Å². The van der Waals surface area contributed by atoms with E-state index in [1.807, 2.05) is 20.9 Å². The van der Waals surface area contributed by atoms with Crippen LogP contribution in [0.5, 0.6) is 0 Å². The zero-order chi connectivity index (χ0) is 13.7. The Morgan fingerprint density at radius 1 is 1.56 bits per heavy atom. The Balaban J connectivity index is 2.91. The van der Waals surface area contributed by atoms with Crippen LogP contribution in [-0.2, 0) is 16.6 Å². The monoisotopic (exact) mass is 254 g/mol. The molecule has 0 aromatic carbocycles. The molecule has 2 unspecified atom stereocenters. The van der Waals surface area contributed by atoms with Crippen molar-refractivity contribution in [2.75, 3.05) is 6.61 Å². The number of hydrogen-bond donors (Lipinski definition) is 1. The topological polar surface area (TPSA) is 64.3 Å². The van der Waals surface area contributed by atoms with Crippen molar-refractivity contribution < 1.29 is 14.6 Å². The molecule has 0 aliphatic rings. The SMILES string of the molecule is CCCC(C(=O)OCC)C(O)c1cnn(C)c1C. The minimum absolute atomic E-state index is 0.331. The number of ether oxygens (including phenoxy) is 1. The van der Waals surface area contributed by atoms with Crippen molar-refractivity contribution in [3.8, 4) is 0 Å². The molecule has 0 amide bonds. The molecule has 18 heavy (non-hydrogen) atoms. The van der Waals surface area contributed by atoms with E-state index in [0.717, 1.165) is 12.1 Å². The van der Waals surface area contributed by atoms with Crippen molar-refractivity contribution in [3.05, 3.63) is 17.5 Å². The van der Waals surface area contributed by atoms with Gasteiger partial charge in [0, 0.05) is 18.3 Å². The molecule has 102 valence electrons. The molecule has 1 aromatic rings. The Bertz CT molecular complexity index is 401. The Morgan fingerprint density at radius 3 is 2.67 bits per heavy atom. The van der Waals surface area contributed by atoms with Crippen LogP contribution in [0.3, 0.4) is 0 Å². The van der Waals surface area contributed by atoms with Crippen molar-refractivity contribution >= 4 is 5.97 Å². The summed E-state index contributed by atoms with van der Waals surface area (Å²) in [5, 5.41) is 14.4. The van der Waals surface area contributed by atoms with Gasteiger partial charge in [-0.3, -0.25) is 9.48 Å². The molecule has 1 rings (SSSR count). The van der Waals surface area contributed by atoms with Crippen molar-refractivity contribution in [2.24, 2.45) is 13.0 Å². The maximum Gasteiger partial charge on any atom is 0.311 e. The van der Waals surface area contributed by atoms with Gasteiger partial charge in [0.1, 0.15) is 0 Å². The summed E-state index contributed by atoms with van der Waals surface area (Å²) in [6.07, 6.45) is 2.19. The van der Waals surface area contributed by atoms with E-state index in [2.05, 4.69) is 5.10 Å². The van der Waals surface area contributed by atoms with Gasteiger partial charge in [-0.05, 0) is 20.3 Å². The number of aromatic nitrogens is 2. The lowest BCUT2D eigenvalue weighted by Gasteiger charge is -2.20. The number of aliphatic hydroxyl groups excluding tert-OH is 1. The Labute approximate surface area is 108 Å². The first-order valence-electron chi connectivity index (χ1n) is 6.36. The fourth-order valence-electron chi connectivity index (χ4n) is 1.99. The number of carbonyl (C=O) groups is 1. The van der Waals surface area contributed by atoms with E-state index in [0.29, 0.717) is 18.6 Å². The van der Waals surface area contributed by atoms with Gasteiger partial charge in [-0.2, -0.15) is 5.10 Å². The molecule has 0 radical (unpaired) electrons. The van der Waals surface area contributed by atoms with E-state index in [9.17, 15) is 9.90 Å². The normalized spacial score (nSPS) is 14.3. The fraction of sp³-hybridized carbons (Fsp3) is 0.692. The molecular weight excluding hydrogens is 232 g/mol. The second-order valence-electron chi connectivity index (χ2n) is 4.40. The van der Waals surface area contributed by atoms with Gasteiger partial charge >= 0.3 is 5.97 Å². The van der Waals surface area contributed by atoms with E-state index < -0.39 is 12.0 Å². The van der Waals surface area contributed by atoms with E-state index in [1.165, 1.54) is 0 Å². The first-order chi connectivity index (χ1) is 8.52. The van der Waals surface area contributed by atoms with Crippen LogP contribution < -0.4 is 0 Å². The highest BCUT2D eigenvalue weighted by molar-refractivity contribution is 5.73. The second kappa shape index (κ2) is 6.54. The molecule has 0 aliphatic carbocycles. The van der Waals surface area contributed by atoms with Gasteiger partial charge in [-0.15, -0.1) is 0 Å². The molecule has 0 bridgehead atoms. The Morgan fingerprint density at radius 2 is 2.22 bits per heavy atom. The summed E-state index contributed by atoms with van der Waals surface area (Å²) in [6, 6.07) is 0.